The molecule has 5 heteroatoms. The van der Waals surface area contributed by atoms with Gasteiger partial charge in [0.25, 0.3) is 0 Å². The summed E-state index contributed by atoms with van der Waals surface area (Å²) in [5.41, 5.74) is 0. The van der Waals surface area contributed by atoms with Crippen LogP contribution in [0.4, 0.5) is 0 Å². The minimum Gasteiger partial charge on any atom is -0.481 e. The third-order valence-corrected chi connectivity index (χ3v) is 0.860. The number of carboxylic acid groups (broad SMARTS) is 1. The van der Waals surface area contributed by atoms with Gasteiger partial charge in [0.2, 0.25) is 0 Å². The summed E-state index contributed by atoms with van der Waals surface area (Å²) in [7, 11) is -1.86. The van der Waals surface area contributed by atoms with Crippen LogP contribution in [0.2, 0.25) is 5.82 Å². The molecule has 0 amide bonds. The second-order valence-electron chi connectivity index (χ2n) is 1.51. The predicted octanol–water partition coefficient (Wildman–Crippen LogP) is -0.900. The number of carboxylic acids is 1. The van der Waals surface area contributed by atoms with E-state index in [0.717, 1.165) is 6.08 Å². The minimum absolute atomic E-state index is 0.965. The van der Waals surface area contributed by atoms with Crippen LogP contribution in [0.15, 0.2) is 12.7 Å². The van der Waals surface area contributed by atoms with Crippen LogP contribution in [0.25, 0.3) is 0 Å². The van der Waals surface area contributed by atoms with Crippen LogP contribution in [0.1, 0.15) is 0 Å². The first-order chi connectivity index (χ1) is 4.09. The SMILES string of the molecule is C=CC(B(O)O)C(=O)O. The largest absolute Gasteiger partial charge is 0.481 e. The van der Waals surface area contributed by atoms with Crippen LogP contribution >= 0.6 is 0 Å². The molecule has 0 rings (SSSR count). The average molecular weight is 130 g/mol. The summed E-state index contributed by atoms with van der Waals surface area (Å²) < 4.78 is 0. The zero-order valence-electron chi connectivity index (χ0n) is 4.69. The minimum atomic E-state index is -1.86. The van der Waals surface area contributed by atoms with E-state index < -0.39 is 18.9 Å². The molecule has 1 unspecified atom stereocenters. The van der Waals surface area contributed by atoms with Crippen molar-refractivity contribution in [3.63, 3.8) is 0 Å². The summed E-state index contributed by atoms with van der Waals surface area (Å²) in [6.45, 7) is 3.10. The first kappa shape index (κ1) is 8.19. The van der Waals surface area contributed by atoms with Crippen LogP contribution in [-0.2, 0) is 4.79 Å². The Morgan fingerprint density at radius 2 is 2.11 bits per heavy atom. The molecule has 0 saturated carbocycles. The molecular weight excluding hydrogens is 123 g/mol. The van der Waals surface area contributed by atoms with Crippen LogP contribution in [-0.4, -0.2) is 28.2 Å². The first-order valence-electron chi connectivity index (χ1n) is 2.31. The molecule has 0 aliphatic carbocycles. The third-order valence-electron chi connectivity index (χ3n) is 0.860. The molecule has 0 spiro atoms. The number of hydrogen-bond donors (Lipinski definition) is 3. The number of hydrogen-bond acceptors (Lipinski definition) is 3. The van der Waals surface area contributed by atoms with Crippen LogP contribution in [0, 0.1) is 0 Å². The van der Waals surface area contributed by atoms with Crippen molar-refractivity contribution in [2.75, 3.05) is 0 Å². The average Bonchev–Trinajstić information content (AvgIpc) is 1.64. The zero-order chi connectivity index (χ0) is 7.44. The van der Waals surface area contributed by atoms with Crippen molar-refractivity contribution < 1.29 is 19.9 Å². The molecule has 0 heterocycles. The van der Waals surface area contributed by atoms with Gasteiger partial charge in [0.15, 0.2) is 0 Å². The predicted molar refractivity (Wildman–Crippen MR) is 31.8 cm³/mol. The molecule has 0 bridgehead atoms. The summed E-state index contributed by atoms with van der Waals surface area (Å²) in [5.74, 6) is -2.58. The molecule has 9 heavy (non-hydrogen) atoms. The van der Waals surface area contributed by atoms with E-state index in [4.69, 9.17) is 15.2 Å². The maximum Gasteiger partial charge on any atom is 0.470 e. The van der Waals surface area contributed by atoms with Gasteiger partial charge in [0.1, 0.15) is 5.82 Å². The van der Waals surface area contributed by atoms with Gasteiger partial charge in [0.05, 0.1) is 0 Å². The van der Waals surface area contributed by atoms with E-state index in [0.29, 0.717) is 0 Å². The molecule has 0 aliphatic rings. The maximum absolute atomic E-state index is 9.98. The van der Waals surface area contributed by atoms with Crippen LogP contribution in [0.5, 0.6) is 0 Å². The lowest BCUT2D eigenvalue weighted by Gasteiger charge is -2.02. The fraction of sp³-hybridized carbons (Fsp3) is 0.250. The number of aliphatic carboxylic acids is 1. The Labute approximate surface area is 52.6 Å². The molecule has 0 aromatic rings. The lowest BCUT2D eigenvalue weighted by atomic mass is 9.73. The van der Waals surface area contributed by atoms with E-state index in [9.17, 15) is 4.79 Å². The van der Waals surface area contributed by atoms with Gasteiger partial charge in [-0.2, -0.15) is 0 Å². The molecular formula is C4H7BO4. The molecule has 0 aromatic heterocycles. The second kappa shape index (κ2) is 3.27. The lowest BCUT2D eigenvalue weighted by Crippen LogP contribution is -2.25. The van der Waals surface area contributed by atoms with Gasteiger partial charge in [-0.3, -0.25) is 4.79 Å². The summed E-state index contributed by atoms with van der Waals surface area (Å²) in [4.78, 5) is 9.98. The van der Waals surface area contributed by atoms with Gasteiger partial charge in [-0.15, -0.1) is 6.58 Å². The third kappa shape index (κ3) is 2.30. The fourth-order valence-corrected chi connectivity index (χ4v) is 0.350. The molecule has 50 valence electrons. The molecule has 4 nitrogen and oxygen atoms in total. The Kier molecular flexibility index (Phi) is 2.97. The van der Waals surface area contributed by atoms with E-state index in [1.165, 1.54) is 0 Å². The maximum atomic E-state index is 9.98. The zero-order valence-corrected chi connectivity index (χ0v) is 4.69. The van der Waals surface area contributed by atoms with Crippen molar-refractivity contribution in [2.45, 2.75) is 5.82 Å². The highest BCUT2D eigenvalue weighted by Crippen LogP contribution is 2.06. The summed E-state index contributed by atoms with van der Waals surface area (Å²) in [6.07, 6.45) is 0.965. The van der Waals surface area contributed by atoms with Gasteiger partial charge in [-0.05, 0) is 0 Å². The second-order valence-corrected chi connectivity index (χ2v) is 1.51. The number of carbonyl (C=O) groups is 1. The number of rotatable bonds is 3. The van der Waals surface area contributed by atoms with Crippen LogP contribution < -0.4 is 0 Å². The topological polar surface area (TPSA) is 77.8 Å². The lowest BCUT2D eigenvalue weighted by molar-refractivity contribution is -0.136. The fourth-order valence-electron chi connectivity index (χ4n) is 0.350. The van der Waals surface area contributed by atoms with Crippen molar-refractivity contribution >= 4 is 13.1 Å². The molecule has 0 saturated heterocycles. The quantitative estimate of drug-likeness (QED) is 0.341. The van der Waals surface area contributed by atoms with Crippen molar-refractivity contribution in [3.05, 3.63) is 12.7 Å². The summed E-state index contributed by atoms with van der Waals surface area (Å²) in [6, 6.07) is 0. The molecule has 1 atom stereocenters. The van der Waals surface area contributed by atoms with E-state index in [-0.39, 0.29) is 0 Å². The molecule has 3 N–H and O–H groups in total. The first-order valence-corrected chi connectivity index (χ1v) is 2.31. The monoisotopic (exact) mass is 130 g/mol. The van der Waals surface area contributed by atoms with Crippen LogP contribution in [0.3, 0.4) is 0 Å². The van der Waals surface area contributed by atoms with Crippen molar-refractivity contribution in [2.24, 2.45) is 0 Å². The van der Waals surface area contributed by atoms with Gasteiger partial charge < -0.3 is 15.2 Å². The Hall–Kier alpha value is -0.805. The van der Waals surface area contributed by atoms with Crippen molar-refractivity contribution in [3.8, 4) is 0 Å². The van der Waals surface area contributed by atoms with Crippen molar-refractivity contribution in [1.29, 1.82) is 0 Å². The van der Waals surface area contributed by atoms with E-state index in [1.54, 1.807) is 0 Å². The molecule has 0 radical (unpaired) electrons. The summed E-state index contributed by atoms with van der Waals surface area (Å²) in [5, 5.41) is 24.7. The van der Waals surface area contributed by atoms with Crippen molar-refractivity contribution in [1.82, 2.24) is 0 Å². The summed E-state index contributed by atoms with van der Waals surface area (Å²) >= 11 is 0. The molecule has 0 aliphatic heterocycles. The highest BCUT2D eigenvalue weighted by molar-refractivity contribution is 6.49. The standard InChI is InChI=1S/C4H7BO4/c1-2-3(4(6)7)5(8)9/h2-3,8-9H,1H2,(H,6,7). The van der Waals surface area contributed by atoms with E-state index >= 15 is 0 Å². The Morgan fingerprint density at radius 3 is 2.11 bits per heavy atom. The van der Waals surface area contributed by atoms with E-state index in [2.05, 4.69) is 6.58 Å². The Balaban J connectivity index is 3.98. The Bertz CT molecular complexity index is 122. The highest BCUT2D eigenvalue weighted by Gasteiger charge is 2.26. The molecule has 0 fully saturated rings. The molecule has 0 aromatic carbocycles. The highest BCUT2D eigenvalue weighted by atomic mass is 16.4. The smallest absolute Gasteiger partial charge is 0.470 e. The Morgan fingerprint density at radius 1 is 1.67 bits per heavy atom. The normalized spacial score (nSPS) is 12.2. The van der Waals surface area contributed by atoms with Gasteiger partial charge in [-0.1, -0.05) is 6.08 Å². The van der Waals surface area contributed by atoms with E-state index in [1.807, 2.05) is 0 Å². The van der Waals surface area contributed by atoms with Gasteiger partial charge >= 0.3 is 13.1 Å². The van der Waals surface area contributed by atoms with Gasteiger partial charge in [-0.25, -0.2) is 0 Å². The van der Waals surface area contributed by atoms with Gasteiger partial charge in [0, 0.05) is 0 Å².